The molecule has 0 saturated carbocycles. The van der Waals surface area contributed by atoms with Gasteiger partial charge >= 0.3 is 0 Å². The lowest BCUT2D eigenvalue weighted by atomic mass is 9.99. The molecule has 0 saturated heterocycles. The molecule has 0 aliphatic heterocycles. The average molecular weight is 301 g/mol. The summed E-state index contributed by atoms with van der Waals surface area (Å²) in [4.78, 5) is 0.168. The minimum Gasteiger partial charge on any atom is -0.469 e. The molecule has 3 aromatic rings. The van der Waals surface area contributed by atoms with Crippen molar-refractivity contribution >= 4 is 26.7 Å². The normalized spacial score (nSPS) is 12.8. The van der Waals surface area contributed by atoms with E-state index in [-0.39, 0.29) is 4.83 Å². The molecule has 0 N–H and O–H groups in total. The van der Waals surface area contributed by atoms with Crippen LogP contribution >= 0.6 is 15.9 Å². The summed E-state index contributed by atoms with van der Waals surface area (Å²) in [6.07, 6.45) is 1.82. The quantitative estimate of drug-likeness (QED) is 0.591. The smallest absolute Gasteiger partial charge is 0.101 e. The molecule has 18 heavy (non-hydrogen) atoms. The molecule has 2 heteroatoms. The zero-order valence-corrected chi connectivity index (χ0v) is 11.6. The van der Waals surface area contributed by atoms with E-state index in [9.17, 15) is 0 Å². The van der Waals surface area contributed by atoms with Gasteiger partial charge in [0.15, 0.2) is 0 Å². The van der Waals surface area contributed by atoms with Crippen molar-refractivity contribution in [3.63, 3.8) is 0 Å². The first-order chi connectivity index (χ1) is 8.75. The van der Waals surface area contributed by atoms with Crippen LogP contribution in [0.25, 0.3) is 10.8 Å². The van der Waals surface area contributed by atoms with Gasteiger partial charge in [-0.05, 0) is 29.3 Å². The number of halogens is 1. The van der Waals surface area contributed by atoms with Crippen molar-refractivity contribution < 1.29 is 4.42 Å². The summed E-state index contributed by atoms with van der Waals surface area (Å²) >= 11 is 3.77. The molecule has 2 aromatic carbocycles. The van der Waals surface area contributed by atoms with Crippen molar-refractivity contribution in [3.05, 3.63) is 71.7 Å². The van der Waals surface area contributed by atoms with Gasteiger partial charge in [0, 0.05) is 5.56 Å². The molecule has 3 rings (SSSR count). The zero-order chi connectivity index (χ0) is 12.5. The predicted molar refractivity (Wildman–Crippen MR) is 78.2 cm³/mol. The van der Waals surface area contributed by atoms with Crippen LogP contribution in [0.5, 0.6) is 0 Å². The molecule has 1 aromatic heterocycles. The van der Waals surface area contributed by atoms with Crippen LogP contribution in [0.15, 0.2) is 59.2 Å². The Bertz CT molecular complexity index is 679. The van der Waals surface area contributed by atoms with Crippen LogP contribution in [-0.4, -0.2) is 0 Å². The molecule has 0 radical (unpaired) electrons. The van der Waals surface area contributed by atoms with E-state index in [0.29, 0.717) is 0 Å². The van der Waals surface area contributed by atoms with Crippen LogP contribution in [0, 0.1) is 6.92 Å². The predicted octanol–water partition coefficient (Wildman–Crippen LogP) is 5.23. The number of fused-ring (bicyclic) bond motifs is 1. The molecule has 0 bridgehead atoms. The van der Waals surface area contributed by atoms with Gasteiger partial charge in [0.1, 0.15) is 5.76 Å². The van der Waals surface area contributed by atoms with E-state index in [1.165, 1.54) is 16.3 Å². The van der Waals surface area contributed by atoms with Crippen LogP contribution < -0.4 is 0 Å². The topological polar surface area (TPSA) is 13.1 Å². The molecule has 1 atom stereocenters. The second kappa shape index (κ2) is 4.62. The highest BCUT2D eigenvalue weighted by Crippen LogP contribution is 2.35. The van der Waals surface area contributed by atoms with E-state index in [1.54, 1.807) is 0 Å². The number of aryl methyl sites for hydroxylation is 1. The Balaban J connectivity index is 2.14. The summed E-state index contributed by atoms with van der Waals surface area (Å²) in [5.74, 6) is 0.940. The monoisotopic (exact) mass is 300 g/mol. The number of furan rings is 1. The molecule has 0 spiro atoms. The summed E-state index contributed by atoms with van der Waals surface area (Å²) < 4.78 is 5.39. The van der Waals surface area contributed by atoms with Crippen molar-refractivity contribution in [1.82, 2.24) is 0 Å². The number of hydrogen-bond acceptors (Lipinski definition) is 1. The number of rotatable bonds is 2. The van der Waals surface area contributed by atoms with Gasteiger partial charge in [-0.15, -0.1) is 0 Å². The highest BCUT2D eigenvalue weighted by Gasteiger charge is 2.14. The van der Waals surface area contributed by atoms with E-state index >= 15 is 0 Å². The van der Waals surface area contributed by atoms with E-state index in [1.807, 2.05) is 13.2 Å². The molecule has 0 fully saturated rings. The van der Waals surface area contributed by atoms with Crippen LogP contribution in [-0.2, 0) is 0 Å². The minimum absolute atomic E-state index is 0.168. The number of benzene rings is 2. The van der Waals surface area contributed by atoms with Crippen molar-refractivity contribution in [2.75, 3.05) is 0 Å². The van der Waals surface area contributed by atoms with Crippen LogP contribution in [0.3, 0.4) is 0 Å². The average Bonchev–Trinajstić information content (AvgIpc) is 2.84. The minimum atomic E-state index is 0.168. The summed E-state index contributed by atoms with van der Waals surface area (Å²) in [5, 5.41) is 2.54. The Kier molecular flexibility index (Phi) is 2.96. The van der Waals surface area contributed by atoms with Crippen LogP contribution in [0.1, 0.15) is 21.7 Å². The second-order valence-electron chi connectivity index (χ2n) is 4.42. The van der Waals surface area contributed by atoms with E-state index < -0.39 is 0 Å². The van der Waals surface area contributed by atoms with Gasteiger partial charge in [-0.25, -0.2) is 0 Å². The first-order valence-corrected chi connectivity index (χ1v) is 6.84. The summed E-state index contributed by atoms with van der Waals surface area (Å²) in [7, 11) is 0. The molecule has 0 aliphatic carbocycles. The Labute approximate surface area is 115 Å². The zero-order valence-electron chi connectivity index (χ0n) is 10.1. The highest BCUT2D eigenvalue weighted by molar-refractivity contribution is 9.09. The molecule has 1 heterocycles. The molecule has 0 aliphatic rings. The van der Waals surface area contributed by atoms with Gasteiger partial charge in [-0.3, -0.25) is 0 Å². The highest BCUT2D eigenvalue weighted by atomic mass is 79.9. The third-order valence-corrected chi connectivity index (χ3v) is 4.16. The van der Waals surface area contributed by atoms with Gasteiger partial charge in [0.25, 0.3) is 0 Å². The Morgan fingerprint density at radius 1 is 1.06 bits per heavy atom. The summed E-state index contributed by atoms with van der Waals surface area (Å²) in [6.45, 7) is 1.96. The van der Waals surface area contributed by atoms with Gasteiger partial charge < -0.3 is 4.42 Å². The second-order valence-corrected chi connectivity index (χ2v) is 5.34. The molecular formula is C16H13BrO. The van der Waals surface area contributed by atoms with Crippen molar-refractivity contribution in [1.29, 1.82) is 0 Å². The lowest BCUT2D eigenvalue weighted by Crippen LogP contribution is -1.92. The third kappa shape index (κ3) is 1.97. The molecular weight excluding hydrogens is 288 g/mol. The molecule has 1 nitrogen and oxygen atoms in total. The van der Waals surface area contributed by atoms with Gasteiger partial charge in [0.2, 0.25) is 0 Å². The van der Waals surface area contributed by atoms with Crippen LogP contribution in [0.2, 0.25) is 0 Å². The number of alkyl halides is 1. The third-order valence-electron chi connectivity index (χ3n) is 3.14. The fraction of sp³-hybridized carbons (Fsp3) is 0.125. The summed E-state index contributed by atoms with van der Waals surface area (Å²) in [5.41, 5.74) is 2.43. The first kappa shape index (κ1) is 11.5. The number of hydrogen-bond donors (Lipinski definition) is 0. The largest absolute Gasteiger partial charge is 0.469 e. The van der Waals surface area contributed by atoms with Crippen molar-refractivity contribution in [3.8, 4) is 0 Å². The maximum absolute atomic E-state index is 5.39. The van der Waals surface area contributed by atoms with E-state index in [0.717, 1.165) is 11.3 Å². The van der Waals surface area contributed by atoms with Gasteiger partial charge in [0.05, 0.1) is 11.1 Å². The first-order valence-electron chi connectivity index (χ1n) is 5.92. The van der Waals surface area contributed by atoms with E-state index in [2.05, 4.69) is 64.5 Å². The SMILES string of the molecule is Cc1cc(C(Br)c2cccc3ccccc23)co1. The summed E-state index contributed by atoms with van der Waals surface area (Å²) in [6, 6.07) is 16.9. The van der Waals surface area contributed by atoms with Gasteiger partial charge in [-0.2, -0.15) is 0 Å². The Morgan fingerprint density at radius 2 is 1.83 bits per heavy atom. The lowest BCUT2D eigenvalue weighted by Gasteiger charge is -2.11. The molecule has 0 amide bonds. The maximum atomic E-state index is 5.39. The maximum Gasteiger partial charge on any atom is 0.101 e. The van der Waals surface area contributed by atoms with Gasteiger partial charge in [-0.1, -0.05) is 58.4 Å². The lowest BCUT2D eigenvalue weighted by molar-refractivity contribution is 0.532. The Morgan fingerprint density at radius 3 is 2.61 bits per heavy atom. The molecule has 90 valence electrons. The standard InChI is InChI=1S/C16H13BrO/c1-11-9-13(10-18-11)16(17)15-8-4-6-12-5-2-3-7-14(12)15/h2-10,16H,1H3. The van der Waals surface area contributed by atoms with Crippen LogP contribution in [0.4, 0.5) is 0 Å². The fourth-order valence-electron chi connectivity index (χ4n) is 2.25. The van der Waals surface area contributed by atoms with E-state index in [4.69, 9.17) is 4.42 Å². The fourth-order valence-corrected chi connectivity index (χ4v) is 2.89. The Hall–Kier alpha value is -1.54. The van der Waals surface area contributed by atoms with Crippen molar-refractivity contribution in [2.45, 2.75) is 11.8 Å². The van der Waals surface area contributed by atoms with Crippen molar-refractivity contribution in [2.24, 2.45) is 0 Å². The molecule has 1 unspecified atom stereocenters.